The molecule has 0 saturated heterocycles. The lowest BCUT2D eigenvalue weighted by molar-refractivity contribution is 0.411. The third kappa shape index (κ3) is 2.32. The Labute approximate surface area is 91.6 Å². The Bertz CT molecular complexity index is 335. The predicted octanol–water partition coefficient (Wildman–Crippen LogP) is 2.16. The number of benzene rings is 1. The average molecular weight is 205 g/mol. The van der Waals surface area contributed by atoms with E-state index >= 15 is 0 Å². The van der Waals surface area contributed by atoms with Gasteiger partial charge in [-0.25, -0.2) is 0 Å². The number of ether oxygens (including phenoxy) is 1. The number of hydrogen-bond donors (Lipinski definition) is 1. The molecule has 0 radical (unpaired) electrons. The zero-order chi connectivity index (χ0) is 10.7. The summed E-state index contributed by atoms with van der Waals surface area (Å²) in [5, 5.41) is 3.52. The summed E-state index contributed by atoms with van der Waals surface area (Å²) in [4.78, 5) is 0. The largest absolute Gasteiger partial charge is 0.497 e. The SMILES string of the molecule is CCN[C@H]1CCc2ccc(OC)cc2C1. The smallest absolute Gasteiger partial charge is 0.119 e. The van der Waals surface area contributed by atoms with Crippen molar-refractivity contribution in [1.29, 1.82) is 0 Å². The van der Waals surface area contributed by atoms with Crippen molar-refractivity contribution >= 4 is 0 Å². The van der Waals surface area contributed by atoms with Crippen molar-refractivity contribution in [2.45, 2.75) is 32.2 Å². The molecular formula is C13H19NO. The summed E-state index contributed by atoms with van der Waals surface area (Å²) in [6.45, 7) is 3.23. The lowest BCUT2D eigenvalue weighted by Gasteiger charge is -2.25. The maximum absolute atomic E-state index is 5.26. The van der Waals surface area contributed by atoms with Gasteiger partial charge >= 0.3 is 0 Å². The number of rotatable bonds is 3. The lowest BCUT2D eigenvalue weighted by atomic mass is 9.88. The van der Waals surface area contributed by atoms with Crippen LogP contribution in [0.3, 0.4) is 0 Å². The summed E-state index contributed by atoms with van der Waals surface area (Å²) in [6, 6.07) is 7.09. The van der Waals surface area contributed by atoms with Crippen LogP contribution in [0.25, 0.3) is 0 Å². The van der Waals surface area contributed by atoms with E-state index in [9.17, 15) is 0 Å². The monoisotopic (exact) mass is 205 g/mol. The van der Waals surface area contributed by atoms with Gasteiger partial charge in [-0.05, 0) is 49.1 Å². The van der Waals surface area contributed by atoms with Crippen molar-refractivity contribution in [2.24, 2.45) is 0 Å². The molecule has 2 heteroatoms. The number of methoxy groups -OCH3 is 1. The molecule has 1 atom stereocenters. The van der Waals surface area contributed by atoms with Gasteiger partial charge in [0.05, 0.1) is 7.11 Å². The van der Waals surface area contributed by atoms with E-state index in [0.29, 0.717) is 6.04 Å². The van der Waals surface area contributed by atoms with Gasteiger partial charge in [0.1, 0.15) is 5.75 Å². The summed E-state index contributed by atoms with van der Waals surface area (Å²) >= 11 is 0. The summed E-state index contributed by atoms with van der Waals surface area (Å²) in [5.74, 6) is 0.978. The van der Waals surface area contributed by atoms with E-state index < -0.39 is 0 Å². The topological polar surface area (TPSA) is 21.3 Å². The minimum atomic E-state index is 0.648. The van der Waals surface area contributed by atoms with E-state index in [0.717, 1.165) is 18.7 Å². The summed E-state index contributed by atoms with van der Waals surface area (Å²) < 4.78 is 5.26. The molecular weight excluding hydrogens is 186 g/mol. The van der Waals surface area contributed by atoms with Crippen LogP contribution in [0, 0.1) is 0 Å². The van der Waals surface area contributed by atoms with E-state index in [-0.39, 0.29) is 0 Å². The second-order valence-electron chi connectivity index (χ2n) is 4.13. The highest BCUT2D eigenvalue weighted by Crippen LogP contribution is 2.25. The van der Waals surface area contributed by atoms with Gasteiger partial charge < -0.3 is 10.1 Å². The fraction of sp³-hybridized carbons (Fsp3) is 0.538. The molecule has 2 rings (SSSR count). The molecule has 0 aliphatic heterocycles. The van der Waals surface area contributed by atoms with Crippen LogP contribution >= 0.6 is 0 Å². The van der Waals surface area contributed by atoms with Gasteiger partial charge in [-0.2, -0.15) is 0 Å². The van der Waals surface area contributed by atoms with Gasteiger partial charge in [-0.1, -0.05) is 13.0 Å². The van der Waals surface area contributed by atoms with Gasteiger partial charge in [0.15, 0.2) is 0 Å². The van der Waals surface area contributed by atoms with E-state index in [1.54, 1.807) is 7.11 Å². The highest BCUT2D eigenvalue weighted by molar-refractivity contribution is 5.37. The van der Waals surface area contributed by atoms with Crippen LogP contribution in [0.5, 0.6) is 5.75 Å². The van der Waals surface area contributed by atoms with Crippen molar-refractivity contribution in [1.82, 2.24) is 5.32 Å². The molecule has 0 unspecified atom stereocenters. The zero-order valence-corrected chi connectivity index (χ0v) is 9.55. The Morgan fingerprint density at radius 3 is 3.00 bits per heavy atom. The molecule has 15 heavy (non-hydrogen) atoms. The quantitative estimate of drug-likeness (QED) is 0.816. The summed E-state index contributed by atoms with van der Waals surface area (Å²) in [6.07, 6.45) is 3.59. The Balaban J connectivity index is 2.16. The fourth-order valence-electron chi connectivity index (χ4n) is 2.32. The molecule has 0 amide bonds. The Kier molecular flexibility index (Phi) is 3.27. The van der Waals surface area contributed by atoms with Crippen molar-refractivity contribution in [3.05, 3.63) is 29.3 Å². The highest BCUT2D eigenvalue weighted by atomic mass is 16.5. The molecule has 1 aliphatic carbocycles. The number of aryl methyl sites for hydroxylation is 1. The number of nitrogens with one attached hydrogen (secondary N) is 1. The first-order valence-corrected chi connectivity index (χ1v) is 5.72. The molecule has 0 fully saturated rings. The first kappa shape index (κ1) is 10.5. The molecule has 1 aliphatic rings. The molecule has 82 valence electrons. The molecule has 0 aromatic heterocycles. The third-order valence-corrected chi connectivity index (χ3v) is 3.13. The minimum absolute atomic E-state index is 0.648. The molecule has 0 saturated carbocycles. The summed E-state index contributed by atoms with van der Waals surface area (Å²) in [7, 11) is 1.73. The fourth-order valence-corrected chi connectivity index (χ4v) is 2.32. The van der Waals surface area contributed by atoms with E-state index in [1.807, 2.05) is 0 Å². The molecule has 2 nitrogen and oxygen atoms in total. The highest BCUT2D eigenvalue weighted by Gasteiger charge is 2.17. The van der Waals surface area contributed by atoms with Crippen molar-refractivity contribution in [3.63, 3.8) is 0 Å². The number of likely N-dealkylation sites (N-methyl/N-ethyl adjacent to an activating group) is 1. The molecule has 0 bridgehead atoms. The molecule has 1 aromatic rings. The number of fused-ring (bicyclic) bond motifs is 1. The lowest BCUT2D eigenvalue weighted by Crippen LogP contribution is -2.34. The van der Waals surface area contributed by atoms with Crippen molar-refractivity contribution in [2.75, 3.05) is 13.7 Å². The van der Waals surface area contributed by atoms with Gasteiger partial charge in [0.25, 0.3) is 0 Å². The molecule has 1 aromatic carbocycles. The van der Waals surface area contributed by atoms with Crippen LogP contribution < -0.4 is 10.1 Å². The normalized spacial score (nSPS) is 19.7. The van der Waals surface area contributed by atoms with E-state index in [2.05, 4.69) is 30.4 Å². The van der Waals surface area contributed by atoms with Gasteiger partial charge in [0, 0.05) is 6.04 Å². The summed E-state index contributed by atoms with van der Waals surface area (Å²) in [5.41, 5.74) is 2.94. The first-order valence-electron chi connectivity index (χ1n) is 5.72. The van der Waals surface area contributed by atoms with Crippen LogP contribution in [0.15, 0.2) is 18.2 Å². The first-order chi connectivity index (χ1) is 7.33. The zero-order valence-electron chi connectivity index (χ0n) is 9.55. The second kappa shape index (κ2) is 4.67. The van der Waals surface area contributed by atoms with Gasteiger partial charge in [-0.15, -0.1) is 0 Å². The predicted molar refractivity (Wildman–Crippen MR) is 62.5 cm³/mol. The van der Waals surface area contributed by atoms with Crippen LogP contribution in [-0.2, 0) is 12.8 Å². The molecule has 1 N–H and O–H groups in total. The maximum atomic E-state index is 5.26. The second-order valence-corrected chi connectivity index (χ2v) is 4.13. The number of hydrogen-bond acceptors (Lipinski definition) is 2. The third-order valence-electron chi connectivity index (χ3n) is 3.13. The van der Waals surface area contributed by atoms with E-state index in [1.165, 1.54) is 24.0 Å². The van der Waals surface area contributed by atoms with Crippen LogP contribution in [0.4, 0.5) is 0 Å². The van der Waals surface area contributed by atoms with Gasteiger partial charge in [-0.3, -0.25) is 0 Å². The maximum Gasteiger partial charge on any atom is 0.119 e. The van der Waals surface area contributed by atoms with Crippen LogP contribution in [0.2, 0.25) is 0 Å². The van der Waals surface area contributed by atoms with Crippen molar-refractivity contribution < 1.29 is 4.74 Å². The minimum Gasteiger partial charge on any atom is -0.497 e. The van der Waals surface area contributed by atoms with Crippen LogP contribution in [-0.4, -0.2) is 19.7 Å². The Morgan fingerprint density at radius 1 is 1.40 bits per heavy atom. The standard InChI is InChI=1S/C13H19NO/c1-3-14-12-6-4-10-5-7-13(15-2)9-11(10)8-12/h5,7,9,12,14H,3-4,6,8H2,1-2H3/t12-/m0/s1. The average Bonchev–Trinajstić information content (AvgIpc) is 2.28. The van der Waals surface area contributed by atoms with E-state index in [4.69, 9.17) is 4.74 Å². The van der Waals surface area contributed by atoms with Crippen LogP contribution in [0.1, 0.15) is 24.5 Å². The molecule has 0 heterocycles. The van der Waals surface area contributed by atoms with Gasteiger partial charge in [0.2, 0.25) is 0 Å². The van der Waals surface area contributed by atoms with Crippen molar-refractivity contribution in [3.8, 4) is 5.75 Å². The Morgan fingerprint density at radius 2 is 2.27 bits per heavy atom. The Hall–Kier alpha value is -1.02. The molecule has 0 spiro atoms.